The predicted octanol–water partition coefficient (Wildman–Crippen LogP) is 3.82. The number of aromatic nitrogens is 1. The van der Waals surface area contributed by atoms with Crippen LogP contribution in [0.4, 0.5) is 5.69 Å². The largest absolute Gasteiger partial charge is 0.349 e. The van der Waals surface area contributed by atoms with Crippen molar-refractivity contribution >= 4 is 29.9 Å². The summed E-state index contributed by atoms with van der Waals surface area (Å²) in [6.07, 6.45) is 9.16. The topological polar surface area (TPSA) is 92.2 Å². The van der Waals surface area contributed by atoms with E-state index in [2.05, 4.69) is 16.0 Å². The van der Waals surface area contributed by atoms with Crippen LogP contribution in [-0.4, -0.2) is 35.5 Å². The summed E-state index contributed by atoms with van der Waals surface area (Å²) in [6, 6.07) is 9.01. The zero-order chi connectivity index (χ0) is 22.5. The molecule has 1 saturated carbocycles. The van der Waals surface area contributed by atoms with Gasteiger partial charge in [-0.1, -0.05) is 19.3 Å². The minimum absolute atomic E-state index is 0. The monoisotopic (exact) mass is 472 g/mol. The Morgan fingerprint density at radius 2 is 1.61 bits per heavy atom. The number of hydrogen-bond acceptors (Lipinski definition) is 4. The van der Waals surface area contributed by atoms with Crippen LogP contribution in [0.25, 0.3) is 0 Å². The number of amides is 2. The molecule has 0 radical (unpaired) electrons. The van der Waals surface area contributed by atoms with Gasteiger partial charge in [0.15, 0.2) is 0 Å². The number of nitrogens with zero attached hydrogens (tertiary/aromatic N) is 1. The highest BCUT2D eigenvalue weighted by Gasteiger charge is 2.22. The number of aryl methyl sites for hydroxylation is 1. The van der Waals surface area contributed by atoms with Crippen molar-refractivity contribution in [2.75, 3.05) is 18.4 Å². The van der Waals surface area contributed by atoms with E-state index in [1.165, 1.54) is 6.42 Å². The number of nitrogens with one attached hydrogen (secondary N) is 3. The molecule has 0 unspecified atom stereocenters. The number of pyridine rings is 1. The third kappa shape index (κ3) is 6.03. The highest BCUT2D eigenvalue weighted by Crippen LogP contribution is 2.19. The summed E-state index contributed by atoms with van der Waals surface area (Å²) in [5.74, 6) is -0.506. The SMILES string of the molecule is Cc1ccn(C2CCNCC2)c(=O)c1C(=O)Nc1ccc(C(=O)NC2CCCCC2)cc1.Cl. The fourth-order valence-electron chi connectivity index (χ4n) is 4.70. The Bertz CT molecular complexity index is 1020. The molecule has 0 bridgehead atoms. The van der Waals surface area contributed by atoms with Gasteiger partial charge in [-0.2, -0.15) is 0 Å². The number of rotatable bonds is 5. The lowest BCUT2D eigenvalue weighted by Crippen LogP contribution is -2.37. The Morgan fingerprint density at radius 1 is 0.939 bits per heavy atom. The molecule has 1 aliphatic heterocycles. The van der Waals surface area contributed by atoms with Crippen LogP contribution in [0.1, 0.15) is 77.3 Å². The van der Waals surface area contributed by atoms with Gasteiger partial charge in [-0.25, -0.2) is 0 Å². The smallest absolute Gasteiger partial charge is 0.263 e. The normalized spacial score (nSPS) is 17.1. The molecule has 2 aromatic rings. The van der Waals surface area contributed by atoms with Crippen LogP contribution in [0, 0.1) is 6.92 Å². The van der Waals surface area contributed by atoms with E-state index in [1.807, 2.05) is 6.07 Å². The molecule has 8 heteroatoms. The van der Waals surface area contributed by atoms with Gasteiger partial charge < -0.3 is 20.5 Å². The zero-order valence-corrected chi connectivity index (χ0v) is 19.9. The summed E-state index contributed by atoms with van der Waals surface area (Å²) in [4.78, 5) is 38.5. The first-order chi connectivity index (χ1) is 15.5. The minimum atomic E-state index is -0.421. The summed E-state index contributed by atoms with van der Waals surface area (Å²) in [6.45, 7) is 3.52. The maximum absolute atomic E-state index is 13.1. The summed E-state index contributed by atoms with van der Waals surface area (Å²) in [7, 11) is 0. The molecule has 3 N–H and O–H groups in total. The molecule has 4 rings (SSSR count). The number of hydrogen-bond donors (Lipinski definition) is 3. The molecule has 178 valence electrons. The van der Waals surface area contributed by atoms with Crippen molar-refractivity contribution in [3.8, 4) is 0 Å². The second-order valence-corrected chi connectivity index (χ2v) is 8.91. The number of carbonyl (C=O) groups is 2. The molecule has 1 saturated heterocycles. The fourth-order valence-corrected chi connectivity index (χ4v) is 4.70. The van der Waals surface area contributed by atoms with E-state index in [0.29, 0.717) is 16.8 Å². The third-order valence-electron chi connectivity index (χ3n) is 6.60. The van der Waals surface area contributed by atoms with Gasteiger partial charge in [0.05, 0.1) is 0 Å². The van der Waals surface area contributed by atoms with Crippen molar-refractivity contribution in [1.29, 1.82) is 0 Å². The van der Waals surface area contributed by atoms with Crippen LogP contribution in [-0.2, 0) is 0 Å². The van der Waals surface area contributed by atoms with Crippen LogP contribution in [0.15, 0.2) is 41.3 Å². The van der Waals surface area contributed by atoms with Crippen molar-refractivity contribution in [3.63, 3.8) is 0 Å². The molecule has 7 nitrogen and oxygen atoms in total. The Hall–Kier alpha value is -2.64. The highest BCUT2D eigenvalue weighted by atomic mass is 35.5. The van der Waals surface area contributed by atoms with Crippen LogP contribution >= 0.6 is 12.4 Å². The van der Waals surface area contributed by atoms with Gasteiger partial charge in [0, 0.05) is 29.5 Å². The average molecular weight is 473 g/mol. The highest BCUT2D eigenvalue weighted by molar-refractivity contribution is 6.05. The maximum Gasteiger partial charge on any atom is 0.263 e. The van der Waals surface area contributed by atoms with Crippen LogP contribution in [0.5, 0.6) is 0 Å². The van der Waals surface area contributed by atoms with Crippen molar-refractivity contribution in [2.45, 2.75) is 64.0 Å². The van der Waals surface area contributed by atoms with E-state index < -0.39 is 5.91 Å². The Balaban J connectivity index is 0.00000306. The lowest BCUT2D eigenvalue weighted by Gasteiger charge is -2.25. The quantitative estimate of drug-likeness (QED) is 0.616. The third-order valence-corrected chi connectivity index (χ3v) is 6.60. The Labute approximate surface area is 200 Å². The average Bonchev–Trinajstić information content (AvgIpc) is 2.81. The van der Waals surface area contributed by atoms with Crippen molar-refractivity contribution in [3.05, 3.63) is 63.6 Å². The molecule has 1 aliphatic carbocycles. The number of anilines is 1. The summed E-state index contributed by atoms with van der Waals surface area (Å²) < 4.78 is 1.70. The van der Waals surface area contributed by atoms with Crippen molar-refractivity contribution in [1.82, 2.24) is 15.2 Å². The second kappa shape index (κ2) is 11.5. The first-order valence-corrected chi connectivity index (χ1v) is 11.7. The molecule has 2 fully saturated rings. The molecule has 2 heterocycles. The summed E-state index contributed by atoms with van der Waals surface area (Å²) in [5, 5.41) is 9.22. The van der Waals surface area contributed by atoms with Crippen LogP contribution < -0.4 is 21.5 Å². The Morgan fingerprint density at radius 3 is 2.27 bits per heavy atom. The molecule has 1 aromatic heterocycles. The molecular formula is C25H33ClN4O3. The van der Waals surface area contributed by atoms with Crippen molar-refractivity contribution < 1.29 is 9.59 Å². The van der Waals surface area contributed by atoms with Crippen LogP contribution in [0.3, 0.4) is 0 Å². The summed E-state index contributed by atoms with van der Waals surface area (Å²) in [5.41, 5.74) is 1.70. The van der Waals surface area contributed by atoms with E-state index in [9.17, 15) is 14.4 Å². The first-order valence-electron chi connectivity index (χ1n) is 11.7. The molecule has 33 heavy (non-hydrogen) atoms. The van der Waals surface area contributed by atoms with E-state index in [0.717, 1.165) is 51.6 Å². The van der Waals surface area contributed by atoms with Gasteiger partial charge in [-0.3, -0.25) is 14.4 Å². The lowest BCUT2D eigenvalue weighted by atomic mass is 9.95. The Kier molecular flexibility index (Phi) is 8.69. The van der Waals surface area contributed by atoms with Gasteiger partial charge in [-0.15, -0.1) is 12.4 Å². The fraction of sp³-hybridized carbons (Fsp3) is 0.480. The van der Waals surface area contributed by atoms with E-state index in [1.54, 1.807) is 42.0 Å². The van der Waals surface area contributed by atoms with Crippen molar-refractivity contribution in [2.24, 2.45) is 0 Å². The lowest BCUT2D eigenvalue weighted by molar-refractivity contribution is 0.0927. The molecule has 0 atom stereocenters. The van der Waals surface area contributed by atoms with Gasteiger partial charge >= 0.3 is 0 Å². The maximum atomic E-state index is 13.1. The second-order valence-electron chi connectivity index (χ2n) is 8.91. The van der Waals surface area contributed by atoms with Gasteiger partial charge in [0.2, 0.25) is 0 Å². The number of halogens is 1. The van der Waals surface area contributed by atoms with Gasteiger partial charge in [0.25, 0.3) is 17.4 Å². The molecular weight excluding hydrogens is 440 g/mol. The van der Waals surface area contributed by atoms with Gasteiger partial charge in [0.1, 0.15) is 5.56 Å². The molecule has 2 aliphatic rings. The summed E-state index contributed by atoms with van der Waals surface area (Å²) >= 11 is 0. The predicted molar refractivity (Wildman–Crippen MR) is 133 cm³/mol. The first kappa shape index (κ1) is 25.0. The van der Waals surface area contributed by atoms with E-state index in [-0.39, 0.29) is 41.5 Å². The van der Waals surface area contributed by atoms with Crippen LogP contribution in [0.2, 0.25) is 0 Å². The molecule has 1 aromatic carbocycles. The minimum Gasteiger partial charge on any atom is -0.349 e. The molecule has 0 spiro atoms. The zero-order valence-electron chi connectivity index (χ0n) is 19.1. The number of benzene rings is 1. The standard InChI is InChI=1S/C25H32N4O3.ClH/c1-17-13-16-29(21-11-14-26-15-12-21)25(32)22(17)24(31)28-20-9-7-18(8-10-20)23(30)27-19-5-3-2-4-6-19;/h7-10,13,16,19,21,26H,2-6,11-12,14-15H2,1H3,(H,27,30)(H,28,31);1H. The van der Waals surface area contributed by atoms with E-state index in [4.69, 9.17) is 0 Å². The number of piperidine rings is 1. The van der Waals surface area contributed by atoms with E-state index >= 15 is 0 Å². The van der Waals surface area contributed by atoms with Gasteiger partial charge in [-0.05, 0) is 81.6 Å². The molecule has 2 amide bonds. The number of carbonyl (C=O) groups excluding carboxylic acids is 2.